The van der Waals surface area contributed by atoms with Crippen molar-refractivity contribution in [1.82, 2.24) is 0 Å². The van der Waals surface area contributed by atoms with Crippen molar-refractivity contribution in [3.8, 4) is 11.5 Å². The topological polar surface area (TPSA) is 55.8 Å². The number of phenols is 1. The zero-order valence-corrected chi connectivity index (χ0v) is 17.8. The lowest BCUT2D eigenvalue weighted by molar-refractivity contribution is -0.136. The Morgan fingerprint density at radius 3 is 1.72 bits per heavy atom. The molecule has 0 unspecified atom stereocenters. The fourth-order valence-corrected chi connectivity index (χ4v) is 2.09. The largest absolute Gasteiger partial charge is 0.508 e. The van der Waals surface area contributed by atoms with E-state index in [1.54, 1.807) is 19.1 Å². The van der Waals surface area contributed by atoms with Crippen molar-refractivity contribution >= 4 is 18.1 Å². The highest BCUT2D eigenvalue weighted by molar-refractivity contribution is 5.86. The third-order valence-corrected chi connectivity index (χ3v) is 3.42. The van der Waals surface area contributed by atoms with Gasteiger partial charge in [-0.05, 0) is 63.1 Å². The number of esters is 1. The van der Waals surface area contributed by atoms with Crippen molar-refractivity contribution in [2.24, 2.45) is 0 Å². The highest BCUT2D eigenvalue weighted by Crippen LogP contribution is 2.19. The van der Waals surface area contributed by atoms with Crippen molar-refractivity contribution < 1.29 is 19.4 Å². The molecule has 0 fully saturated rings. The lowest BCUT2D eigenvalue weighted by Crippen LogP contribution is -2.22. The summed E-state index contributed by atoms with van der Waals surface area (Å²) in [6.07, 6.45) is 8.00. The average molecular weight is 395 g/mol. The van der Waals surface area contributed by atoms with E-state index in [2.05, 4.69) is 11.3 Å². The Kier molecular flexibility index (Phi) is 9.46. The maximum atomic E-state index is 10.2. The molecule has 29 heavy (non-hydrogen) atoms. The van der Waals surface area contributed by atoms with Gasteiger partial charge in [-0.1, -0.05) is 55.1 Å². The number of allylic oxidation sites excluding steroid dienone is 2. The standard InChI is InChI=1S/C20H22O2.C5H8O2/c1-20(2,3)22-19-14-10-17(11-15-19)7-5-4-6-16-8-12-18(21)13-9-16;1-4(2)5(6)7-3/h4-15,21H,1-3H3;1H2,2-3H3. The van der Waals surface area contributed by atoms with Crippen LogP contribution in [0.2, 0.25) is 0 Å². The van der Waals surface area contributed by atoms with E-state index in [1.807, 2.05) is 81.5 Å². The quantitative estimate of drug-likeness (QED) is 0.382. The van der Waals surface area contributed by atoms with Gasteiger partial charge in [0.2, 0.25) is 0 Å². The summed E-state index contributed by atoms with van der Waals surface area (Å²) in [5.74, 6) is 0.814. The van der Waals surface area contributed by atoms with Gasteiger partial charge in [0.05, 0.1) is 7.11 Å². The molecule has 0 bridgehead atoms. The second-order valence-corrected chi connectivity index (χ2v) is 7.37. The van der Waals surface area contributed by atoms with Gasteiger partial charge in [-0.15, -0.1) is 0 Å². The van der Waals surface area contributed by atoms with Crippen molar-refractivity contribution in [2.45, 2.75) is 33.3 Å². The van der Waals surface area contributed by atoms with E-state index in [1.165, 1.54) is 7.11 Å². The molecule has 154 valence electrons. The number of aromatic hydroxyl groups is 1. The number of carbonyl (C=O) groups is 1. The molecule has 0 saturated heterocycles. The van der Waals surface area contributed by atoms with Gasteiger partial charge in [-0.25, -0.2) is 4.79 Å². The van der Waals surface area contributed by atoms with Gasteiger partial charge in [0, 0.05) is 5.57 Å². The Morgan fingerprint density at radius 2 is 1.38 bits per heavy atom. The number of benzene rings is 2. The van der Waals surface area contributed by atoms with Crippen LogP contribution in [0.3, 0.4) is 0 Å². The highest BCUT2D eigenvalue weighted by atomic mass is 16.5. The van der Waals surface area contributed by atoms with Gasteiger partial charge in [0.25, 0.3) is 0 Å². The molecule has 0 aliphatic carbocycles. The SMILES string of the molecule is C=C(C)C(=O)OC.CC(C)(C)Oc1ccc(C=CC=Cc2ccc(O)cc2)cc1. The molecular weight excluding hydrogens is 364 g/mol. The summed E-state index contributed by atoms with van der Waals surface area (Å²) >= 11 is 0. The van der Waals surface area contributed by atoms with Gasteiger partial charge >= 0.3 is 5.97 Å². The third-order valence-electron chi connectivity index (χ3n) is 3.42. The van der Waals surface area contributed by atoms with Crippen LogP contribution in [-0.4, -0.2) is 23.8 Å². The summed E-state index contributed by atoms with van der Waals surface area (Å²) in [4.78, 5) is 10.2. The predicted molar refractivity (Wildman–Crippen MR) is 120 cm³/mol. The Balaban J connectivity index is 0.000000516. The Labute approximate surface area is 173 Å². The molecule has 0 atom stereocenters. The summed E-state index contributed by atoms with van der Waals surface area (Å²) in [5, 5.41) is 9.22. The first-order valence-electron chi connectivity index (χ1n) is 9.27. The zero-order valence-electron chi connectivity index (χ0n) is 17.8. The van der Waals surface area contributed by atoms with E-state index in [0.29, 0.717) is 5.57 Å². The van der Waals surface area contributed by atoms with Crippen LogP contribution in [0.4, 0.5) is 0 Å². The van der Waals surface area contributed by atoms with Crippen LogP contribution in [-0.2, 0) is 9.53 Å². The summed E-state index contributed by atoms with van der Waals surface area (Å²) in [6, 6.07) is 15.1. The average Bonchev–Trinajstić information content (AvgIpc) is 2.66. The molecule has 2 rings (SSSR count). The van der Waals surface area contributed by atoms with E-state index >= 15 is 0 Å². The van der Waals surface area contributed by atoms with E-state index in [4.69, 9.17) is 4.74 Å². The molecule has 2 aromatic carbocycles. The summed E-state index contributed by atoms with van der Waals surface area (Å²) < 4.78 is 10.1. The Hall–Kier alpha value is -3.27. The Morgan fingerprint density at radius 1 is 0.931 bits per heavy atom. The van der Waals surface area contributed by atoms with Gasteiger partial charge < -0.3 is 14.6 Å². The molecule has 0 radical (unpaired) electrons. The number of phenolic OH excluding ortho intramolecular Hbond substituents is 1. The van der Waals surface area contributed by atoms with E-state index in [9.17, 15) is 9.90 Å². The minimum Gasteiger partial charge on any atom is -0.508 e. The van der Waals surface area contributed by atoms with Crippen molar-refractivity contribution in [3.05, 3.63) is 84.0 Å². The molecule has 0 spiro atoms. The summed E-state index contributed by atoms with van der Waals surface area (Å²) in [7, 11) is 1.33. The lowest BCUT2D eigenvalue weighted by atomic mass is 10.1. The number of carbonyl (C=O) groups excluding carboxylic acids is 1. The molecule has 0 amide bonds. The molecule has 4 heteroatoms. The van der Waals surface area contributed by atoms with Gasteiger partial charge in [-0.3, -0.25) is 0 Å². The predicted octanol–water partition coefficient (Wildman–Crippen LogP) is 6.03. The van der Waals surface area contributed by atoms with Crippen LogP contribution in [0.15, 0.2) is 72.8 Å². The maximum absolute atomic E-state index is 10.2. The van der Waals surface area contributed by atoms with Crippen molar-refractivity contribution in [3.63, 3.8) is 0 Å². The first kappa shape index (κ1) is 23.8. The minimum atomic E-state index is -0.347. The Bertz CT molecular complexity index is 836. The maximum Gasteiger partial charge on any atom is 0.332 e. The number of methoxy groups -OCH3 is 1. The first-order valence-corrected chi connectivity index (χ1v) is 9.27. The van der Waals surface area contributed by atoms with Crippen LogP contribution in [0, 0.1) is 0 Å². The monoisotopic (exact) mass is 394 g/mol. The fourth-order valence-electron chi connectivity index (χ4n) is 2.09. The van der Waals surface area contributed by atoms with E-state index < -0.39 is 0 Å². The lowest BCUT2D eigenvalue weighted by Gasteiger charge is -2.21. The first-order chi connectivity index (χ1) is 13.6. The minimum absolute atomic E-state index is 0.176. The van der Waals surface area contributed by atoms with E-state index in [0.717, 1.165) is 16.9 Å². The third kappa shape index (κ3) is 10.6. The molecule has 1 N–H and O–H groups in total. The fraction of sp³-hybridized carbons (Fsp3) is 0.240. The number of rotatable bonds is 5. The second-order valence-electron chi connectivity index (χ2n) is 7.37. The van der Waals surface area contributed by atoms with Gasteiger partial charge in [0.15, 0.2) is 0 Å². The van der Waals surface area contributed by atoms with Gasteiger partial charge in [-0.2, -0.15) is 0 Å². The summed E-state index contributed by atoms with van der Waals surface area (Å²) in [6.45, 7) is 11.1. The van der Waals surface area contributed by atoms with Crippen LogP contribution in [0.5, 0.6) is 11.5 Å². The second kappa shape index (κ2) is 11.5. The van der Waals surface area contributed by atoms with Crippen molar-refractivity contribution in [1.29, 1.82) is 0 Å². The van der Waals surface area contributed by atoms with Crippen LogP contribution >= 0.6 is 0 Å². The highest BCUT2D eigenvalue weighted by Gasteiger charge is 2.10. The molecule has 4 nitrogen and oxygen atoms in total. The number of hydrogen-bond donors (Lipinski definition) is 1. The molecular formula is C25H30O4. The van der Waals surface area contributed by atoms with Gasteiger partial charge in [0.1, 0.15) is 17.1 Å². The number of ether oxygens (including phenoxy) is 2. The number of hydrogen-bond acceptors (Lipinski definition) is 4. The van der Waals surface area contributed by atoms with Crippen LogP contribution in [0.1, 0.15) is 38.8 Å². The normalized spacial score (nSPS) is 11.1. The smallest absolute Gasteiger partial charge is 0.332 e. The van der Waals surface area contributed by atoms with Crippen LogP contribution in [0.25, 0.3) is 12.2 Å². The van der Waals surface area contributed by atoms with E-state index in [-0.39, 0.29) is 17.3 Å². The molecule has 0 aliphatic rings. The summed E-state index contributed by atoms with van der Waals surface area (Å²) in [5.41, 5.74) is 2.43. The van der Waals surface area contributed by atoms with Crippen molar-refractivity contribution in [2.75, 3.05) is 7.11 Å². The molecule has 0 aliphatic heterocycles. The molecule has 0 saturated carbocycles. The zero-order chi connectivity index (χ0) is 21.9. The molecule has 0 aromatic heterocycles. The molecule has 2 aromatic rings. The molecule has 0 heterocycles. The van der Waals surface area contributed by atoms with Crippen LogP contribution < -0.4 is 4.74 Å².